The van der Waals surface area contributed by atoms with Crippen LogP contribution in [-0.2, 0) is 11.3 Å². The smallest absolute Gasteiger partial charge is 0.236 e. The molecule has 1 fully saturated rings. The first-order valence-electron chi connectivity index (χ1n) is 6.42. The summed E-state index contributed by atoms with van der Waals surface area (Å²) in [6.45, 7) is 2.92. The van der Waals surface area contributed by atoms with Gasteiger partial charge in [-0.2, -0.15) is 0 Å². The van der Waals surface area contributed by atoms with Gasteiger partial charge in [-0.1, -0.05) is 36.5 Å². The Hall–Kier alpha value is -1.46. The summed E-state index contributed by atoms with van der Waals surface area (Å²) in [4.78, 5) is 16.2. The molecule has 1 aliphatic heterocycles. The fourth-order valence-electron chi connectivity index (χ4n) is 2.32. The maximum atomic E-state index is 11.9. The molecule has 1 aromatic rings. The third-order valence-electron chi connectivity index (χ3n) is 3.43. The molecular formula is C14H19N3OS. The zero-order valence-electron chi connectivity index (χ0n) is 11.1. The number of nitrogens with zero attached hydrogens (tertiary/aromatic N) is 2. The standard InChI is InChI=1S/C14H19N3OS/c1-16-7-4-8-17(10-13(16)18)9-11-5-2-3-6-12(11)14(15)19/h2-3,5-6H,4,7-10H2,1H3,(H2,15,19). The predicted octanol–water partition coefficient (Wildman–Crippen LogP) is 0.985. The van der Waals surface area contributed by atoms with Gasteiger partial charge in [-0.3, -0.25) is 9.69 Å². The molecule has 102 valence electrons. The molecule has 19 heavy (non-hydrogen) atoms. The molecule has 5 heteroatoms. The number of benzene rings is 1. The first kappa shape index (κ1) is 14.0. The van der Waals surface area contributed by atoms with Crippen LogP contribution in [0.1, 0.15) is 17.5 Å². The van der Waals surface area contributed by atoms with Gasteiger partial charge >= 0.3 is 0 Å². The third-order valence-corrected chi connectivity index (χ3v) is 3.65. The minimum atomic E-state index is 0.172. The van der Waals surface area contributed by atoms with E-state index >= 15 is 0 Å². The maximum absolute atomic E-state index is 11.9. The van der Waals surface area contributed by atoms with E-state index in [2.05, 4.69) is 4.90 Å². The molecule has 1 aromatic carbocycles. The quantitative estimate of drug-likeness (QED) is 0.837. The Morgan fingerprint density at radius 2 is 2.11 bits per heavy atom. The Morgan fingerprint density at radius 3 is 2.84 bits per heavy atom. The van der Waals surface area contributed by atoms with E-state index in [1.54, 1.807) is 4.90 Å². The lowest BCUT2D eigenvalue weighted by Crippen LogP contribution is -2.34. The highest BCUT2D eigenvalue weighted by Gasteiger charge is 2.19. The zero-order valence-corrected chi connectivity index (χ0v) is 11.9. The van der Waals surface area contributed by atoms with Crippen LogP contribution in [0.3, 0.4) is 0 Å². The van der Waals surface area contributed by atoms with Crippen molar-refractivity contribution in [2.45, 2.75) is 13.0 Å². The van der Waals surface area contributed by atoms with Gasteiger partial charge in [0.15, 0.2) is 0 Å². The summed E-state index contributed by atoms with van der Waals surface area (Å²) in [6, 6.07) is 7.86. The largest absolute Gasteiger partial charge is 0.389 e. The van der Waals surface area contributed by atoms with Crippen LogP contribution >= 0.6 is 12.2 Å². The highest BCUT2D eigenvalue weighted by Crippen LogP contribution is 2.13. The number of hydrogen-bond donors (Lipinski definition) is 1. The lowest BCUT2D eigenvalue weighted by atomic mass is 10.1. The number of carbonyl (C=O) groups is 1. The first-order valence-corrected chi connectivity index (χ1v) is 6.83. The molecule has 0 bridgehead atoms. The molecule has 1 saturated heterocycles. The first-order chi connectivity index (χ1) is 9.08. The van der Waals surface area contributed by atoms with Gasteiger partial charge in [-0.15, -0.1) is 0 Å². The summed E-state index contributed by atoms with van der Waals surface area (Å²) in [5, 5.41) is 0. The Balaban J connectivity index is 2.12. The van der Waals surface area contributed by atoms with Crippen LogP contribution < -0.4 is 5.73 Å². The molecule has 0 atom stereocenters. The molecule has 2 rings (SSSR count). The molecule has 0 spiro atoms. The minimum Gasteiger partial charge on any atom is -0.389 e. The molecule has 0 radical (unpaired) electrons. The SMILES string of the molecule is CN1CCCN(Cc2ccccc2C(N)=S)CC1=O. The van der Waals surface area contributed by atoms with Crippen LogP contribution in [0.15, 0.2) is 24.3 Å². The van der Waals surface area contributed by atoms with Gasteiger partial charge in [0.05, 0.1) is 6.54 Å². The van der Waals surface area contributed by atoms with Crippen molar-refractivity contribution in [3.05, 3.63) is 35.4 Å². The van der Waals surface area contributed by atoms with E-state index in [0.717, 1.165) is 30.6 Å². The van der Waals surface area contributed by atoms with Crippen molar-refractivity contribution in [1.29, 1.82) is 0 Å². The number of rotatable bonds is 3. The summed E-state index contributed by atoms with van der Waals surface area (Å²) in [5.74, 6) is 0.172. The second-order valence-corrected chi connectivity index (χ2v) is 5.34. The molecule has 0 saturated carbocycles. The van der Waals surface area contributed by atoms with Crippen molar-refractivity contribution >= 4 is 23.1 Å². The number of nitrogens with two attached hydrogens (primary N) is 1. The van der Waals surface area contributed by atoms with Crippen LogP contribution in [-0.4, -0.2) is 47.4 Å². The second kappa shape index (κ2) is 6.12. The monoisotopic (exact) mass is 277 g/mol. The van der Waals surface area contributed by atoms with Crippen LogP contribution in [0.4, 0.5) is 0 Å². The molecule has 4 nitrogen and oxygen atoms in total. The van der Waals surface area contributed by atoms with Crippen molar-refractivity contribution in [2.75, 3.05) is 26.7 Å². The van der Waals surface area contributed by atoms with Crippen LogP contribution in [0.2, 0.25) is 0 Å². The van der Waals surface area contributed by atoms with Gasteiger partial charge in [0, 0.05) is 32.2 Å². The van der Waals surface area contributed by atoms with E-state index in [0.29, 0.717) is 18.1 Å². The minimum absolute atomic E-state index is 0.172. The van der Waals surface area contributed by atoms with Gasteiger partial charge in [0.1, 0.15) is 4.99 Å². The summed E-state index contributed by atoms with van der Waals surface area (Å²) >= 11 is 5.07. The average molecular weight is 277 g/mol. The fraction of sp³-hybridized carbons (Fsp3) is 0.429. The highest BCUT2D eigenvalue weighted by molar-refractivity contribution is 7.80. The Morgan fingerprint density at radius 1 is 1.37 bits per heavy atom. The number of thiocarbonyl (C=S) groups is 1. The number of likely N-dealkylation sites (N-methyl/N-ethyl adjacent to an activating group) is 1. The van der Waals surface area contributed by atoms with Crippen molar-refractivity contribution in [3.63, 3.8) is 0 Å². The van der Waals surface area contributed by atoms with E-state index in [1.807, 2.05) is 31.3 Å². The van der Waals surface area contributed by atoms with Crippen LogP contribution in [0, 0.1) is 0 Å². The zero-order chi connectivity index (χ0) is 13.8. The number of carbonyl (C=O) groups excluding carboxylic acids is 1. The normalized spacial score (nSPS) is 17.3. The summed E-state index contributed by atoms with van der Waals surface area (Å²) < 4.78 is 0. The van der Waals surface area contributed by atoms with E-state index in [9.17, 15) is 4.79 Å². The molecule has 0 aliphatic carbocycles. The fourth-order valence-corrected chi connectivity index (χ4v) is 2.52. The topological polar surface area (TPSA) is 49.6 Å². The molecule has 1 amide bonds. The summed E-state index contributed by atoms with van der Waals surface area (Å²) in [6.07, 6.45) is 0.997. The molecule has 1 heterocycles. The van der Waals surface area contributed by atoms with Crippen molar-refractivity contribution < 1.29 is 4.79 Å². The van der Waals surface area contributed by atoms with Gasteiger partial charge in [0.25, 0.3) is 0 Å². The van der Waals surface area contributed by atoms with Crippen molar-refractivity contribution in [1.82, 2.24) is 9.80 Å². The molecule has 0 aromatic heterocycles. The van der Waals surface area contributed by atoms with Gasteiger partial charge in [-0.05, 0) is 12.0 Å². The van der Waals surface area contributed by atoms with Crippen LogP contribution in [0.5, 0.6) is 0 Å². The molecule has 0 unspecified atom stereocenters. The summed E-state index contributed by atoms with van der Waals surface area (Å²) in [5.41, 5.74) is 7.73. The van der Waals surface area contributed by atoms with Gasteiger partial charge in [-0.25, -0.2) is 0 Å². The lowest BCUT2D eigenvalue weighted by molar-refractivity contribution is -0.129. The van der Waals surface area contributed by atoms with E-state index in [-0.39, 0.29) is 5.91 Å². The predicted molar refractivity (Wildman–Crippen MR) is 79.9 cm³/mol. The Bertz CT molecular complexity index is 489. The molecule has 2 N–H and O–H groups in total. The second-order valence-electron chi connectivity index (χ2n) is 4.90. The van der Waals surface area contributed by atoms with E-state index in [4.69, 9.17) is 18.0 Å². The number of hydrogen-bond acceptors (Lipinski definition) is 3. The maximum Gasteiger partial charge on any atom is 0.236 e. The average Bonchev–Trinajstić information content (AvgIpc) is 2.52. The third kappa shape index (κ3) is 3.52. The lowest BCUT2D eigenvalue weighted by Gasteiger charge is -2.20. The van der Waals surface area contributed by atoms with Gasteiger partial charge in [0.2, 0.25) is 5.91 Å². The molecule has 1 aliphatic rings. The van der Waals surface area contributed by atoms with E-state index in [1.165, 1.54) is 0 Å². The van der Waals surface area contributed by atoms with Crippen molar-refractivity contribution in [3.8, 4) is 0 Å². The van der Waals surface area contributed by atoms with Crippen LogP contribution in [0.25, 0.3) is 0 Å². The number of amides is 1. The summed E-state index contributed by atoms with van der Waals surface area (Å²) in [7, 11) is 1.86. The Kier molecular flexibility index (Phi) is 4.50. The van der Waals surface area contributed by atoms with Gasteiger partial charge < -0.3 is 10.6 Å². The molecular weight excluding hydrogens is 258 g/mol. The highest BCUT2D eigenvalue weighted by atomic mass is 32.1. The Labute approximate surface area is 119 Å². The van der Waals surface area contributed by atoms with Crippen molar-refractivity contribution in [2.24, 2.45) is 5.73 Å². The van der Waals surface area contributed by atoms with E-state index < -0.39 is 0 Å².